The molecule has 2 heteroatoms. The van der Waals surface area contributed by atoms with Gasteiger partial charge in [0.05, 0.1) is 11.4 Å². The van der Waals surface area contributed by atoms with Gasteiger partial charge < -0.3 is 0 Å². The quantitative estimate of drug-likeness (QED) is 0.140. The molecule has 0 spiro atoms. The lowest BCUT2D eigenvalue weighted by Gasteiger charge is -2.22. The zero-order valence-corrected chi connectivity index (χ0v) is 28.6. The molecular weight excluding hydrogens is 617 g/mol. The van der Waals surface area contributed by atoms with Crippen LogP contribution in [0, 0.1) is 0 Å². The summed E-state index contributed by atoms with van der Waals surface area (Å²) in [5, 5.41) is 7.53. The Balaban J connectivity index is 1.13. The van der Waals surface area contributed by atoms with Crippen LogP contribution in [0.2, 0.25) is 0 Å². The van der Waals surface area contributed by atoms with Crippen molar-refractivity contribution in [2.75, 3.05) is 0 Å². The van der Waals surface area contributed by atoms with Crippen LogP contribution in [0.5, 0.6) is 0 Å². The van der Waals surface area contributed by atoms with Crippen molar-refractivity contribution < 1.29 is 0 Å². The largest absolute Gasteiger partial charge is 0.228 e. The first-order valence-electron chi connectivity index (χ1n) is 17.7. The SMILES string of the molecule is CC1(C)c2ccccc2-c2ccc(-c3cc(-c4ccccc4)nc(-c4ccc(-c5c6ccccc6cc6ccc7ccccc7c56)cc4)n3)cc21. The van der Waals surface area contributed by atoms with Crippen molar-refractivity contribution in [1.82, 2.24) is 9.97 Å². The summed E-state index contributed by atoms with van der Waals surface area (Å²) in [6.45, 7) is 4.65. The Hall–Kier alpha value is -6.38. The van der Waals surface area contributed by atoms with Crippen LogP contribution in [-0.4, -0.2) is 9.97 Å². The Labute approximate surface area is 297 Å². The van der Waals surface area contributed by atoms with Crippen LogP contribution in [0.1, 0.15) is 25.0 Å². The Morgan fingerprint density at radius 3 is 1.82 bits per heavy atom. The Morgan fingerprint density at radius 2 is 1.00 bits per heavy atom. The van der Waals surface area contributed by atoms with E-state index in [1.807, 2.05) is 6.07 Å². The van der Waals surface area contributed by atoms with Gasteiger partial charge in [-0.2, -0.15) is 0 Å². The summed E-state index contributed by atoms with van der Waals surface area (Å²) in [5.74, 6) is 0.717. The van der Waals surface area contributed by atoms with Gasteiger partial charge in [0.1, 0.15) is 0 Å². The second kappa shape index (κ2) is 11.3. The fourth-order valence-corrected chi connectivity index (χ4v) is 8.27. The molecule has 0 aliphatic heterocycles. The molecule has 0 unspecified atom stereocenters. The molecule has 0 radical (unpaired) electrons. The highest BCUT2D eigenvalue weighted by molar-refractivity contribution is 6.21. The lowest BCUT2D eigenvalue weighted by atomic mass is 9.82. The van der Waals surface area contributed by atoms with Gasteiger partial charge in [-0.05, 0) is 83.9 Å². The zero-order chi connectivity index (χ0) is 34.1. The van der Waals surface area contributed by atoms with E-state index < -0.39 is 0 Å². The number of rotatable bonds is 4. The lowest BCUT2D eigenvalue weighted by Crippen LogP contribution is -2.14. The van der Waals surface area contributed by atoms with Crippen LogP contribution in [0.4, 0.5) is 0 Å². The second-order valence-corrected chi connectivity index (χ2v) is 14.2. The Kier molecular flexibility index (Phi) is 6.56. The maximum Gasteiger partial charge on any atom is 0.160 e. The van der Waals surface area contributed by atoms with Gasteiger partial charge >= 0.3 is 0 Å². The van der Waals surface area contributed by atoms with Crippen LogP contribution < -0.4 is 0 Å². The topological polar surface area (TPSA) is 25.8 Å². The van der Waals surface area contributed by atoms with Gasteiger partial charge in [-0.15, -0.1) is 0 Å². The molecule has 0 atom stereocenters. The molecule has 8 aromatic carbocycles. The molecule has 0 saturated carbocycles. The fourth-order valence-electron chi connectivity index (χ4n) is 8.27. The third kappa shape index (κ3) is 4.71. The third-order valence-corrected chi connectivity index (χ3v) is 10.9. The number of aromatic nitrogens is 2. The van der Waals surface area contributed by atoms with Gasteiger partial charge in [0.2, 0.25) is 0 Å². The molecule has 2 nitrogen and oxygen atoms in total. The van der Waals surface area contributed by atoms with Gasteiger partial charge in [0.15, 0.2) is 5.82 Å². The zero-order valence-electron chi connectivity index (χ0n) is 28.6. The second-order valence-electron chi connectivity index (χ2n) is 14.2. The van der Waals surface area contributed by atoms with Crippen molar-refractivity contribution >= 4 is 32.3 Å². The van der Waals surface area contributed by atoms with Gasteiger partial charge in [0.25, 0.3) is 0 Å². The first-order valence-corrected chi connectivity index (χ1v) is 17.7. The van der Waals surface area contributed by atoms with Crippen LogP contribution in [-0.2, 0) is 5.41 Å². The van der Waals surface area contributed by atoms with Gasteiger partial charge in [-0.1, -0.05) is 166 Å². The van der Waals surface area contributed by atoms with Crippen LogP contribution in [0.3, 0.4) is 0 Å². The van der Waals surface area contributed by atoms with E-state index in [1.165, 1.54) is 65.7 Å². The average molecular weight is 651 g/mol. The molecule has 0 amide bonds. The molecule has 9 aromatic rings. The van der Waals surface area contributed by atoms with Crippen LogP contribution in [0.25, 0.3) is 88.5 Å². The molecule has 0 fully saturated rings. The average Bonchev–Trinajstić information content (AvgIpc) is 3.42. The molecular formula is C49H34N2. The summed E-state index contributed by atoms with van der Waals surface area (Å²) in [6.07, 6.45) is 0. The number of nitrogens with zero attached hydrogens (tertiary/aromatic N) is 2. The monoisotopic (exact) mass is 650 g/mol. The summed E-state index contributed by atoms with van der Waals surface area (Å²) in [7, 11) is 0. The van der Waals surface area contributed by atoms with E-state index >= 15 is 0 Å². The van der Waals surface area contributed by atoms with E-state index in [2.05, 4.69) is 178 Å². The Bertz CT molecular complexity index is 2810. The van der Waals surface area contributed by atoms with E-state index in [0.29, 0.717) is 5.82 Å². The predicted molar refractivity (Wildman–Crippen MR) is 214 cm³/mol. The lowest BCUT2D eigenvalue weighted by molar-refractivity contribution is 0.660. The first-order chi connectivity index (χ1) is 25.0. The van der Waals surface area contributed by atoms with Gasteiger partial charge in [-0.25, -0.2) is 9.97 Å². The molecule has 51 heavy (non-hydrogen) atoms. The molecule has 1 aliphatic carbocycles. The fraction of sp³-hybridized carbons (Fsp3) is 0.0612. The van der Waals surface area contributed by atoms with Crippen molar-refractivity contribution in [3.63, 3.8) is 0 Å². The van der Waals surface area contributed by atoms with Crippen molar-refractivity contribution in [3.8, 4) is 56.2 Å². The maximum absolute atomic E-state index is 5.25. The number of hydrogen-bond donors (Lipinski definition) is 0. The van der Waals surface area contributed by atoms with E-state index in [1.54, 1.807) is 0 Å². The highest BCUT2D eigenvalue weighted by atomic mass is 14.9. The maximum atomic E-state index is 5.25. The number of fused-ring (bicyclic) bond motifs is 7. The molecule has 10 rings (SSSR count). The molecule has 0 saturated heterocycles. The van der Waals surface area contributed by atoms with Crippen molar-refractivity contribution in [1.29, 1.82) is 0 Å². The molecule has 240 valence electrons. The van der Waals surface area contributed by atoms with E-state index in [-0.39, 0.29) is 5.41 Å². The van der Waals surface area contributed by atoms with Gasteiger partial charge in [-0.3, -0.25) is 0 Å². The molecule has 1 heterocycles. The minimum absolute atomic E-state index is 0.0903. The van der Waals surface area contributed by atoms with Crippen molar-refractivity contribution in [3.05, 3.63) is 181 Å². The van der Waals surface area contributed by atoms with E-state index in [9.17, 15) is 0 Å². The summed E-state index contributed by atoms with van der Waals surface area (Å²) in [5.41, 5.74) is 12.7. The normalized spacial score (nSPS) is 13.1. The summed E-state index contributed by atoms with van der Waals surface area (Å²) >= 11 is 0. The first kappa shape index (κ1) is 29.5. The van der Waals surface area contributed by atoms with Crippen LogP contribution >= 0.6 is 0 Å². The minimum atomic E-state index is -0.0903. The van der Waals surface area contributed by atoms with Gasteiger partial charge in [0, 0.05) is 22.1 Å². The smallest absolute Gasteiger partial charge is 0.160 e. The van der Waals surface area contributed by atoms with Crippen molar-refractivity contribution in [2.45, 2.75) is 19.3 Å². The van der Waals surface area contributed by atoms with E-state index in [0.717, 1.165) is 28.1 Å². The highest BCUT2D eigenvalue weighted by Gasteiger charge is 2.35. The predicted octanol–water partition coefficient (Wildman–Crippen LogP) is 12.9. The molecule has 0 bridgehead atoms. The minimum Gasteiger partial charge on any atom is -0.228 e. The summed E-state index contributed by atoms with van der Waals surface area (Å²) in [4.78, 5) is 10.4. The highest BCUT2D eigenvalue weighted by Crippen LogP contribution is 2.49. The Morgan fingerprint density at radius 1 is 0.392 bits per heavy atom. The summed E-state index contributed by atoms with van der Waals surface area (Å²) < 4.78 is 0. The molecule has 0 N–H and O–H groups in total. The molecule has 1 aliphatic rings. The molecule has 1 aromatic heterocycles. The number of benzene rings is 8. The third-order valence-electron chi connectivity index (χ3n) is 10.9. The standard InChI is InChI=1S/C49H34N2/c1-49(2)42-19-11-10-18-40(42)41-27-26-36(29-43(41)49)45-30-44(32-13-4-3-5-14-32)50-48(51-45)34-23-21-33(22-24-34)46-39-17-9-7-15-35(39)28-37-25-20-31-12-6-8-16-38(31)47(37)46/h3-30H,1-2H3. The van der Waals surface area contributed by atoms with Crippen LogP contribution in [0.15, 0.2) is 170 Å². The number of hydrogen-bond acceptors (Lipinski definition) is 2. The van der Waals surface area contributed by atoms with E-state index in [4.69, 9.17) is 9.97 Å². The van der Waals surface area contributed by atoms with Crippen molar-refractivity contribution in [2.24, 2.45) is 0 Å². The summed E-state index contributed by atoms with van der Waals surface area (Å²) in [6, 6.07) is 61.3.